The number of pyridine rings is 2. The summed E-state index contributed by atoms with van der Waals surface area (Å²) in [5, 5.41) is 4.97. The predicted molar refractivity (Wildman–Crippen MR) is 515 cm³/mol. The number of hydrogen-bond donors (Lipinski definition) is 0. The van der Waals surface area contributed by atoms with E-state index in [4.69, 9.17) is 41.0 Å². The summed E-state index contributed by atoms with van der Waals surface area (Å²) in [5.74, 6) is 5.46. The Hall–Kier alpha value is -15.5. The number of benzene rings is 6. The molecule has 0 aliphatic carbocycles. The van der Waals surface area contributed by atoms with Crippen molar-refractivity contribution >= 4 is 58.5 Å². The van der Waals surface area contributed by atoms with Gasteiger partial charge in [0, 0.05) is 151 Å². The largest absolute Gasteiger partial charge is 0.434 e. The molecule has 34 heteroatoms. The molecule has 0 unspecified atom stereocenters. The number of amides is 4. The van der Waals surface area contributed by atoms with E-state index in [2.05, 4.69) is 114 Å². The van der Waals surface area contributed by atoms with Crippen LogP contribution >= 0.6 is 11.6 Å². The monoisotopic (exact) mass is 1900 g/mol. The van der Waals surface area contributed by atoms with Crippen LogP contribution in [0.25, 0.3) is 79.7 Å². The number of hydrogen-bond acceptors (Lipinski definition) is 19. The van der Waals surface area contributed by atoms with E-state index in [1.165, 1.54) is 28.9 Å². The van der Waals surface area contributed by atoms with Crippen LogP contribution in [-0.4, -0.2) is 121 Å². The average Bonchev–Trinajstić information content (AvgIpc) is 1.65. The first-order chi connectivity index (χ1) is 66.7. The summed E-state index contributed by atoms with van der Waals surface area (Å²) >= 11 is 6.26. The number of ether oxygens (including phenoxy) is 2. The van der Waals surface area contributed by atoms with Gasteiger partial charge in [-0.05, 0) is 140 Å². The Kier molecular flexibility index (Phi) is 27.5. The number of imidazole rings is 2. The van der Waals surface area contributed by atoms with E-state index in [1.54, 1.807) is 124 Å². The molecule has 0 saturated carbocycles. The van der Waals surface area contributed by atoms with E-state index < -0.39 is 23.7 Å². The summed E-state index contributed by atoms with van der Waals surface area (Å²) in [5.41, 5.74) is 17.3. The van der Waals surface area contributed by atoms with E-state index >= 15 is 0 Å². The molecule has 16 aromatic rings. The molecular weight excluding hydrogens is 1800 g/mol. The van der Waals surface area contributed by atoms with Crippen molar-refractivity contribution in [3.63, 3.8) is 0 Å². The third-order valence-corrected chi connectivity index (χ3v) is 24.7. The lowest BCUT2D eigenvalue weighted by atomic mass is 10.0. The molecule has 0 spiro atoms. The number of carbonyl (C=O) groups excluding carboxylic acids is 4. The molecule has 4 aliphatic heterocycles. The van der Waals surface area contributed by atoms with Gasteiger partial charge in [0.2, 0.25) is 23.6 Å². The molecule has 0 N–H and O–H groups in total. The highest BCUT2D eigenvalue weighted by Gasteiger charge is 2.39. The number of methoxy groups -OCH3 is 2. The van der Waals surface area contributed by atoms with Gasteiger partial charge in [-0.25, -0.2) is 54.5 Å². The molecule has 6 aromatic carbocycles. The topological polar surface area (TPSA) is 287 Å². The van der Waals surface area contributed by atoms with Gasteiger partial charge in [-0.3, -0.25) is 48.7 Å². The number of rotatable bonds is 22. The van der Waals surface area contributed by atoms with E-state index in [1.807, 2.05) is 136 Å². The quantitative estimate of drug-likeness (QED) is 0.0570. The maximum absolute atomic E-state index is 13.0. The van der Waals surface area contributed by atoms with Gasteiger partial charge in [0.15, 0.2) is 34.7 Å². The van der Waals surface area contributed by atoms with Crippen LogP contribution in [0.15, 0.2) is 244 Å². The Labute approximate surface area is 802 Å². The number of aryl methyl sites for hydroxylation is 4. The number of anilines is 4. The Bertz CT molecular complexity index is 7060. The van der Waals surface area contributed by atoms with Crippen molar-refractivity contribution in [3.8, 4) is 79.7 Å². The molecule has 706 valence electrons. The lowest BCUT2D eigenvalue weighted by molar-refractivity contribution is -0.141. The second-order valence-corrected chi connectivity index (χ2v) is 35.2. The summed E-state index contributed by atoms with van der Waals surface area (Å²) in [6, 6.07) is 59.2. The Morgan fingerprint density at radius 2 is 0.727 bits per heavy atom. The molecule has 14 heterocycles. The fourth-order valence-corrected chi connectivity index (χ4v) is 17.4. The number of fused-ring (bicyclic) bond motifs is 4. The highest BCUT2D eigenvalue weighted by Crippen LogP contribution is 2.41. The SMILES string of the molecule is CO[C@@H](C)c1ccccc1-c1ncc2c(n1)N(Cc1ccc(-c3nc(C(F)(F)F)cn3C)cc1)C(=O)C2.CO[C@H](C)c1ccccc1-c1ncc2c(n1)N(Cc1ccc(-c3nc(C(F)(F)F)cn3C)cc1)C(=O)C2.Cc1cc(Cl)n(-c2ccc(CN3C(=O)Cc4cnc(-c5cccnc5C(C)C)nc43)cc2)n1.Cc1cccn1-c1ccc(CN2C(=O)Cc3cnc(-c4cccnc4C(C)C)nc32)cc1. The standard InChI is InChI=1S/2C27H24F3N5O2.C26H25N5O.C25H23ClN6O/c2*1-16(37-3)20-6-4-5-7-21(20)24-31-13-19-12-23(36)35(26(19)33-24)14-17-8-10-18(11-9-17)25-32-22(15-34(25)2)27(28,29)30;1-17(2)24-22(7-4-12-27-24)25-28-15-20-14-23(32)31(26(20)29-25)16-19-8-10-21(11-9-19)30-13-5-6-18(30)3;1-15(2)23-20(5-4-10-27-23)24-28-13-18-12-22(33)31(25(18)29-24)14-17-6-8-19(9-7-17)32-21(26)11-16(3)30-32/h2*4-11,13,15-16H,12,14H2,1-3H3;4-13,15,17H,14,16H2,1-3H3;4-11,13,15H,12,14H2,1-3H3/t2*16-;;/m10../s1. The zero-order valence-electron chi connectivity index (χ0n) is 78.0. The van der Waals surface area contributed by atoms with Crippen molar-refractivity contribution in [2.75, 3.05) is 33.8 Å². The van der Waals surface area contributed by atoms with Gasteiger partial charge in [-0.15, -0.1) is 0 Å². The average molecular weight is 1900 g/mol. The van der Waals surface area contributed by atoms with Gasteiger partial charge in [0.25, 0.3) is 0 Å². The van der Waals surface area contributed by atoms with Crippen LogP contribution < -0.4 is 19.6 Å². The van der Waals surface area contributed by atoms with Gasteiger partial charge in [0.05, 0.1) is 86.8 Å². The summed E-state index contributed by atoms with van der Waals surface area (Å²) in [4.78, 5) is 112. The molecule has 0 radical (unpaired) electrons. The summed E-state index contributed by atoms with van der Waals surface area (Å²) in [6.45, 7) is 17.7. The Morgan fingerprint density at radius 3 is 1.04 bits per heavy atom. The highest BCUT2D eigenvalue weighted by molar-refractivity contribution is 6.29. The fourth-order valence-electron chi connectivity index (χ4n) is 17.1. The van der Waals surface area contributed by atoms with Crippen molar-refractivity contribution in [3.05, 3.63) is 339 Å². The van der Waals surface area contributed by atoms with Crippen LogP contribution in [-0.2, 0) is 107 Å². The fraction of sp³-hybridized carbons (Fsp3) is 0.248. The number of carbonyl (C=O) groups is 4. The summed E-state index contributed by atoms with van der Waals surface area (Å²) < 4.78 is 95.7. The maximum atomic E-state index is 13.0. The summed E-state index contributed by atoms with van der Waals surface area (Å²) in [6.07, 6.45) is 6.18. The molecule has 0 saturated heterocycles. The van der Waals surface area contributed by atoms with Crippen LogP contribution in [0.5, 0.6) is 0 Å². The number of halogens is 7. The molecule has 0 fully saturated rings. The minimum absolute atomic E-state index is 0.0153. The van der Waals surface area contributed by atoms with E-state index in [9.17, 15) is 45.5 Å². The summed E-state index contributed by atoms with van der Waals surface area (Å²) in [7, 11) is 6.32. The van der Waals surface area contributed by atoms with Crippen LogP contribution in [0.2, 0.25) is 5.15 Å². The van der Waals surface area contributed by atoms with E-state index in [0.717, 1.165) is 119 Å². The van der Waals surface area contributed by atoms with Crippen molar-refractivity contribution < 1.29 is 55.0 Å². The van der Waals surface area contributed by atoms with E-state index in [0.29, 0.717) is 88.8 Å². The first kappa shape index (κ1) is 95.3. The molecule has 2 atom stereocenters. The smallest absolute Gasteiger partial charge is 0.377 e. The molecule has 27 nitrogen and oxygen atoms in total. The molecule has 20 rings (SSSR count). The lowest BCUT2D eigenvalue weighted by Gasteiger charge is -2.18. The van der Waals surface area contributed by atoms with Crippen LogP contribution in [0.4, 0.5) is 49.6 Å². The first-order valence-corrected chi connectivity index (χ1v) is 45.3. The number of alkyl halides is 6. The van der Waals surface area contributed by atoms with Gasteiger partial charge >= 0.3 is 12.4 Å². The van der Waals surface area contributed by atoms with Crippen molar-refractivity contribution in [1.29, 1.82) is 0 Å². The molecule has 0 bridgehead atoms. The third-order valence-electron chi connectivity index (χ3n) is 24.5. The van der Waals surface area contributed by atoms with Crippen molar-refractivity contribution in [1.82, 2.24) is 83.3 Å². The lowest BCUT2D eigenvalue weighted by Crippen LogP contribution is -2.26. The highest BCUT2D eigenvalue weighted by atomic mass is 35.5. The van der Waals surface area contributed by atoms with Crippen molar-refractivity contribution in [2.45, 2.75) is 144 Å². The minimum Gasteiger partial charge on any atom is -0.377 e. The minimum atomic E-state index is -4.51. The first-order valence-electron chi connectivity index (χ1n) is 45.0. The van der Waals surface area contributed by atoms with Crippen LogP contribution in [0, 0.1) is 13.8 Å². The van der Waals surface area contributed by atoms with Gasteiger partial charge in [0.1, 0.15) is 40.1 Å². The number of nitrogens with zero attached hydrogens (tertiary/aromatic N) is 21. The van der Waals surface area contributed by atoms with Crippen LogP contribution in [0.1, 0.15) is 155 Å². The second-order valence-electron chi connectivity index (χ2n) is 34.8. The van der Waals surface area contributed by atoms with E-state index in [-0.39, 0.29) is 85.3 Å². The molecule has 4 aliphatic rings. The number of aromatic nitrogens is 17. The molecule has 139 heavy (non-hydrogen) atoms. The predicted octanol–water partition coefficient (Wildman–Crippen LogP) is 20.5. The van der Waals surface area contributed by atoms with Crippen molar-refractivity contribution in [2.24, 2.45) is 14.1 Å². The van der Waals surface area contributed by atoms with Gasteiger partial charge < -0.3 is 23.2 Å². The third kappa shape index (κ3) is 20.5. The Balaban J connectivity index is 0.000000128. The molecular formula is C105H96ClF6N21O6. The molecule has 4 amide bonds. The normalized spacial score (nSPS) is 13.7. The second kappa shape index (κ2) is 40.1. The zero-order valence-corrected chi connectivity index (χ0v) is 78.8. The molecule has 10 aromatic heterocycles. The van der Waals surface area contributed by atoms with Gasteiger partial charge in [-0.1, -0.05) is 161 Å². The zero-order chi connectivity index (χ0) is 98.0. The maximum Gasteiger partial charge on any atom is 0.434 e. The van der Waals surface area contributed by atoms with Crippen LogP contribution in [0.3, 0.4) is 0 Å². The Morgan fingerprint density at radius 1 is 0.396 bits per heavy atom. The van der Waals surface area contributed by atoms with Gasteiger partial charge in [-0.2, -0.15) is 31.4 Å².